The van der Waals surface area contributed by atoms with Crippen LogP contribution in [0.3, 0.4) is 0 Å². The molecule has 4 aromatic rings. The molecule has 39 heavy (non-hydrogen) atoms. The lowest BCUT2D eigenvalue weighted by Crippen LogP contribution is -2.52. The number of carbonyl (C=O) groups excluding carboxylic acids is 1. The van der Waals surface area contributed by atoms with Gasteiger partial charge in [-0.15, -0.1) is 0 Å². The fraction of sp³-hybridized carbons (Fsp3) is 0.367. The molecule has 4 bridgehead atoms. The Hall–Kier alpha value is -4.27. The normalized spacial score (nSPS) is 25.1. The largest absolute Gasteiger partial charge is 0.346 e. The number of amides is 1. The Bertz CT molecular complexity index is 1510. The molecule has 9 nitrogen and oxygen atoms in total. The first-order valence-electron chi connectivity index (χ1n) is 13.7. The van der Waals surface area contributed by atoms with Gasteiger partial charge in [-0.2, -0.15) is 10.2 Å². The van der Waals surface area contributed by atoms with Crippen molar-refractivity contribution in [3.05, 3.63) is 94.4 Å². The number of hydrogen-bond acceptors (Lipinski definition) is 5. The van der Waals surface area contributed by atoms with Crippen LogP contribution in [0.4, 0.5) is 5.69 Å². The van der Waals surface area contributed by atoms with E-state index in [0.717, 1.165) is 41.8 Å². The van der Waals surface area contributed by atoms with E-state index in [1.165, 1.54) is 25.5 Å². The monoisotopic (exact) mass is 522 g/mol. The van der Waals surface area contributed by atoms with E-state index in [2.05, 4.69) is 10.4 Å². The molecular weight excluding hydrogens is 492 g/mol. The van der Waals surface area contributed by atoms with Crippen LogP contribution in [0.25, 0.3) is 16.9 Å². The predicted molar refractivity (Wildman–Crippen MR) is 145 cm³/mol. The molecule has 0 radical (unpaired) electrons. The van der Waals surface area contributed by atoms with Gasteiger partial charge in [-0.05, 0) is 68.4 Å². The molecule has 8 rings (SSSR count). The molecule has 2 aromatic heterocycles. The van der Waals surface area contributed by atoms with Gasteiger partial charge in [-0.25, -0.2) is 4.68 Å². The van der Waals surface area contributed by atoms with Gasteiger partial charge in [-0.1, -0.05) is 48.5 Å². The van der Waals surface area contributed by atoms with Gasteiger partial charge >= 0.3 is 5.69 Å². The number of benzene rings is 2. The van der Waals surface area contributed by atoms with Crippen molar-refractivity contribution < 1.29 is 9.72 Å². The third kappa shape index (κ3) is 4.22. The second-order valence-corrected chi connectivity index (χ2v) is 11.5. The van der Waals surface area contributed by atoms with Gasteiger partial charge < -0.3 is 5.32 Å². The maximum atomic E-state index is 13.4. The lowest BCUT2D eigenvalue weighted by atomic mass is 9.53. The fourth-order valence-corrected chi connectivity index (χ4v) is 7.60. The van der Waals surface area contributed by atoms with Crippen molar-refractivity contribution in [1.82, 2.24) is 24.9 Å². The second kappa shape index (κ2) is 9.18. The summed E-state index contributed by atoms with van der Waals surface area (Å²) in [5, 5.41) is 24.3. The average molecular weight is 523 g/mol. The summed E-state index contributed by atoms with van der Waals surface area (Å²) in [6.07, 6.45) is 10.2. The summed E-state index contributed by atoms with van der Waals surface area (Å²) in [6, 6.07) is 19.5. The summed E-state index contributed by atoms with van der Waals surface area (Å²) in [4.78, 5) is 24.9. The highest BCUT2D eigenvalue weighted by Gasteiger charge is 2.53. The van der Waals surface area contributed by atoms with Gasteiger partial charge in [0.2, 0.25) is 5.69 Å². The molecule has 1 amide bonds. The number of nitro groups is 1. The number of para-hydroxylation sites is 1. The van der Waals surface area contributed by atoms with Crippen LogP contribution >= 0.6 is 0 Å². The summed E-state index contributed by atoms with van der Waals surface area (Å²) in [6.45, 7) is 0.164. The Balaban J connectivity index is 1.18. The van der Waals surface area contributed by atoms with Crippen LogP contribution in [0, 0.1) is 27.9 Å². The molecule has 2 aromatic carbocycles. The van der Waals surface area contributed by atoms with E-state index >= 15 is 0 Å². The van der Waals surface area contributed by atoms with Crippen molar-refractivity contribution >= 4 is 11.6 Å². The first kappa shape index (κ1) is 23.8. The molecule has 2 heterocycles. The summed E-state index contributed by atoms with van der Waals surface area (Å²) >= 11 is 0. The quantitative estimate of drug-likeness (QED) is 0.255. The highest BCUT2D eigenvalue weighted by Crippen LogP contribution is 2.58. The topological polar surface area (TPSA) is 108 Å². The van der Waals surface area contributed by atoms with Crippen molar-refractivity contribution in [3.8, 4) is 16.9 Å². The van der Waals surface area contributed by atoms with E-state index in [1.807, 2.05) is 66.9 Å². The Morgan fingerprint density at radius 2 is 1.54 bits per heavy atom. The summed E-state index contributed by atoms with van der Waals surface area (Å²) in [5.74, 6) is 1.44. The first-order valence-corrected chi connectivity index (χ1v) is 13.7. The summed E-state index contributed by atoms with van der Waals surface area (Å²) in [7, 11) is 0. The minimum atomic E-state index is -0.545. The van der Waals surface area contributed by atoms with Crippen LogP contribution in [0.2, 0.25) is 0 Å². The van der Waals surface area contributed by atoms with E-state index in [4.69, 9.17) is 5.10 Å². The van der Waals surface area contributed by atoms with Crippen LogP contribution in [0.1, 0.15) is 54.6 Å². The summed E-state index contributed by atoms with van der Waals surface area (Å²) in [5.41, 5.74) is 2.83. The molecule has 198 valence electrons. The van der Waals surface area contributed by atoms with E-state index in [0.29, 0.717) is 17.8 Å². The smallest absolute Gasteiger partial charge is 0.320 e. The maximum absolute atomic E-state index is 13.4. The van der Waals surface area contributed by atoms with Crippen LogP contribution in [-0.4, -0.2) is 30.4 Å². The zero-order chi connectivity index (χ0) is 26.6. The molecule has 0 unspecified atom stereocenters. The SMILES string of the molecule is O=C(NCc1cn(-c2ccccc2)nc1-c1ccccc1)c1nn(C23CC4CC(CC(C4)C2)C3)cc1[N+](=O)[O-]. The molecule has 0 aliphatic heterocycles. The molecule has 4 fully saturated rings. The Morgan fingerprint density at radius 3 is 2.15 bits per heavy atom. The predicted octanol–water partition coefficient (Wildman–Crippen LogP) is 5.50. The number of aromatic nitrogens is 4. The molecule has 4 aliphatic carbocycles. The minimum absolute atomic E-state index is 0.118. The Morgan fingerprint density at radius 1 is 0.923 bits per heavy atom. The molecule has 4 aliphatic rings. The van der Waals surface area contributed by atoms with E-state index < -0.39 is 10.8 Å². The molecule has 0 spiro atoms. The van der Waals surface area contributed by atoms with E-state index in [-0.39, 0.29) is 23.5 Å². The Kier molecular flexibility index (Phi) is 5.61. The van der Waals surface area contributed by atoms with Crippen LogP contribution < -0.4 is 5.32 Å². The van der Waals surface area contributed by atoms with Crippen LogP contribution in [-0.2, 0) is 12.1 Å². The first-order chi connectivity index (χ1) is 19.0. The fourth-order valence-electron chi connectivity index (χ4n) is 7.60. The minimum Gasteiger partial charge on any atom is -0.346 e. The third-order valence-corrected chi connectivity index (χ3v) is 8.90. The standard InChI is InChI=1S/C30H30N6O3/c37-29(28-26(36(38)39)19-35(33-28)30-14-20-11-21(15-30)13-22(12-20)16-30)31-17-24-18-34(25-9-5-2-6-10-25)32-27(24)23-7-3-1-4-8-23/h1-10,18-22H,11-17H2,(H,31,37). The van der Waals surface area contributed by atoms with Gasteiger partial charge in [0.15, 0.2) is 0 Å². The zero-order valence-corrected chi connectivity index (χ0v) is 21.6. The van der Waals surface area contributed by atoms with Crippen molar-refractivity contribution in [2.45, 2.75) is 50.6 Å². The van der Waals surface area contributed by atoms with Crippen molar-refractivity contribution in [3.63, 3.8) is 0 Å². The lowest BCUT2D eigenvalue weighted by molar-refractivity contribution is -0.385. The maximum Gasteiger partial charge on any atom is 0.320 e. The average Bonchev–Trinajstić information content (AvgIpc) is 3.58. The van der Waals surface area contributed by atoms with Gasteiger partial charge in [0.25, 0.3) is 5.91 Å². The third-order valence-electron chi connectivity index (χ3n) is 8.90. The molecule has 9 heteroatoms. The number of rotatable bonds is 7. The van der Waals surface area contributed by atoms with Gasteiger partial charge in [0, 0.05) is 23.9 Å². The van der Waals surface area contributed by atoms with E-state index in [9.17, 15) is 14.9 Å². The lowest BCUT2D eigenvalue weighted by Gasteiger charge is -2.56. The van der Waals surface area contributed by atoms with Gasteiger partial charge in [0.05, 0.1) is 21.8 Å². The molecule has 0 atom stereocenters. The number of nitrogens with zero attached hydrogens (tertiary/aromatic N) is 5. The van der Waals surface area contributed by atoms with E-state index in [1.54, 1.807) is 9.36 Å². The summed E-state index contributed by atoms with van der Waals surface area (Å²) < 4.78 is 3.57. The number of nitrogens with one attached hydrogen (secondary N) is 1. The molecular formula is C30H30N6O3. The van der Waals surface area contributed by atoms with Crippen LogP contribution in [0.15, 0.2) is 73.1 Å². The molecule has 4 saturated carbocycles. The van der Waals surface area contributed by atoms with Crippen molar-refractivity contribution in [2.75, 3.05) is 0 Å². The van der Waals surface area contributed by atoms with Crippen LogP contribution in [0.5, 0.6) is 0 Å². The highest BCUT2D eigenvalue weighted by molar-refractivity contribution is 5.96. The van der Waals surface area contributed by atoms with Crippen molar-refractivity contribution in [2.24, 2.45) is 17.8 Å². The van der Waals surface area contributed by atoms with Gasteiger partial charge in [0.1, 0.15) is 6.20 Å². The number of carbonyl (C=O) groups is 1. The molecule has 1 N–H and O–H groups in total. The van der Waals surface area contributed by atoms with Gasteiger partial charge in [-0.3, -0.25) is 19.6 Å². The highest BCUT2D eigenvalue weighted by atomic mass is 16.6. The van der Waals surface area contributed by atoms with Crippen molar-refractivity contribution in [1.29, 1.82) is 0 Å². The molecule has 0 saturated heterocycles. The number of hydrogen-bond donors (Lipinski definition) is 1. The zero-order valence-electron chi connectivity index (χ0n) is 21.6. The Labute approximate surface area is 226 Å². The second-order valence-electron chi connectivity index (χ2n) is 11.5.